The van der Waals surface area contributed by atoms with Gasteiger partial charge in [0.2, 0.25) is 0 Å². The highest BCUT2D eigenvalue weighted by molar-refractivity contribution is 5.37. The largest absolute Gasteiger partial charge is 0.508 e. The Hall–Kier alpha value is -1.27. The van der Waals surface area contributed by atoms with Gasteiger partial charge in [-0.15, -0.1) is 0 Å². The molecule has 0 amide bonds. The van der Waals surface area contributed by atoms with E-state index < -0.39 is 11.7 Å². The summed E-state index contributed by atoms with van der Waals surface area (Å²) in [5, 5.41) is 13.3. The second-order valence-corrected chi connectivity index (χ2v) is 6.34. The van der Waals surface area contributed by atoms with Crippen LogP contribution in [0.3, 0.4) is 0 Å². The summed E-state index contributed by atoms with van der Waals surface area (Å²) in [6, 6.07) is 3.30. The maximum Gasteiger partial charge on any atom is 0.416 e. The molecule has 0 radical (unpaired) electrons. The van der Waals surface area contributed by atoms with Crippen molar-refractivity contribution in [2.24, 2.45) is 0 Å². The molecule has 0 unspecified atom stereocenters. The fourth-order valence-electron chi connectivity index (χ4n) is 3.78. The number of nitrogens with one attached hydrogen (secondary N) is 1. The van der Waals surface area contributed by atoms with Crippen LogP contribution in [0.4, 0.5) is 13.2 Å². The number of phenolic OH excluding ortho intramolecular Hbond substituents is 1. The Morgan fingerprint density at radius 3 is 2.55 bits per heavy atom. The molecule has 0 saturated carbocycles. The number of hydrogen-bond acceptors (Lipinski definition) is 3. The fourth-order valence-corrected chi connectivity index (χ4v) is 3.78. The second kappa shape index (κ2) is 5.74. The molecule has 6 heteroatoms. The van der Waals surface area contributed by atoms with Crippen LogP contribution in [0, 0.1) is 0 Å². The number of nitrogens with zero attached hydrogens (tertiary/aromatic N) is 1. The van der Waals surface area contributed by atoms with Crippen LogP contribution < -0.4 is 5.32 Å². The summed E-state index contributed by atoms with van der Waals surface area (Å²) < 4.78 is 38.0. The summed E-state index contributed by atoms with van der Waals surface area (Å²) in [6.07, 6.45) is -0.0415. The van der Waals surface area contributed by atoms with Crippen LogP contribution in [0.15, 0.2) is 18.2 Å². The van der Waals surface area contributed by atoms with E-state index in [4.69, 9.17) is 0 Å². The van der Waals surface area contributed by atoms with Crippen LogP contribution in [0.1, 0.15) is 36.8 Å². The van der Waals surface area contributed by atoms with Gasteiger partial charge in [-0.05, 0) is 57.5 Å². The Labute approximate surface area is 128 Å². The van der Waals surface area contributed by atoms with Crippen LogP contribution in [-0.2, 0) is 12.7 Å². The third kappa shape index (κ3) is 2.94. The zero-order valence-electron chi connectivity index (χ0n) is 12.4. The molecule has 122 valence electrons. The Kier molecular flexibility index (Phi) is 4.07. The van der Waals surface area contributed by atoms with Crippen molar-refractivity contribution in [2.45, 2.75) is 43.9 Å². The first-order valence-electron chi connectivity index (χ1n) is 7.76. The van der Waals surface area contributed by atoms with E-state index in [1.54, 1.807) is 0 Å². The molecule has 0 aromatic heterocycles. The molecule has 0 atom stereocenters. The maximum atomic E-state index is 12.7. The van der Waals surface area contributed by atoms with Crippen molar-refractivity contribution < 1.29 is 18.3 Å². The minimum absolute atomic E-state index is 0.153. The zero-order chi connectivity index (χ0) is 15.8. The van der Waals surface area contributed by atoms with Gasteiger partial charge in [0.05, 0.1) is 5.56 Å². The number of benzene rings is 1. The molecule has 1 spiro atoms. The first-order valence-corrected chi connectivity index (χ1v) is 7.76. The average molecular weight is 314 g/mol. The Morgan fingerprint density at radius 1 is 1.18 bits per heavy atom. The molecule has 2 heterocycles. The molecular weight excluding hydrogens is 293 g/mol. The second-order valence-electron chi connectivity index (χ2n) is 6.34. The highest BCUT2D eigenvalue weighted by atomic mass is 19.4. The van der Waals surface area contributed by atoms with Crippen molar-refractivity contribution in [1.29, 1.82) is 0 Å². The van der Waals surface area contributed by atoms with Gasteiger partial charge in [-0.25, -0.2) is 0 Å². The van der Waals surface area contributed by atoms with Gasteiger partial charge in [0, 0.05) is 17.6 Å². The third-order valence-corrected chi connectivity index (χ3v) is 5.05. The van der Waals surface area contributed by atoms with E-state index in [1.807, 2.05) is 0 Å². The van der Waals surface area contributed by atoms with Crippen LogP contribution in [0.2, 0.25) is 0 Å². The number of phenols is 1. The Balaban J connectivity index is 1.78. The smallest absolute Gasteiger partial charge is 0.416 e. The third-order valence-electron chi connectivity index (χ3n) is 5.05. The first kappa shape index (κ1) is 15.6. The molecule has 2 aliphatic rings. The number of likely N-dealkylation sites (tertiary alicyclic amines) is 1. The predicted octanol–water partition coefficient (Wildman–Crippen LogP) is 3.13. The highest BCUT2D eigenvalue weighted by Crippen LogP contribution is 2.39. The molecule has 0 aliphatic carbocycles. The fraction of sp³-hybridized carbons (Fsp3) is 0.625. The van der Waals surface area contributed by atoms with Gasteiger partial charge in [0.15, 0.2) is 0 Å². The van der Waals surface area contributed by atoms with E-state index in [0.29, 0.717) is 12.1 Å². The van der Waals surface area contributed by atoms with Crippen molar-refractivity contribution in [2.75, 3.05) is 19.6 Å². The number of rotatable bonds is 2. The molecule has 2 N–H and O–H groups in total. The highest BCUT2D eigenvalue weighted by Gasteiger charge is 2.41. The van der Waals surface area contributed by atoms with E-state index in [9.17, 15) is 18.3 Å². The molecule has 3 rings (SSSR count). The summed E-state index contributed by atoms with van der Waals surface area (Å²) in [6.45, 7) is 3.43. The quantitative estimate of drug-likeness (QED) is 0.880. The normalized spacial score (nSPS) is 22.3. The van der Waals surface area contributed by atoms with Crippen LogP contribution in [-0.4, -0.2) is 35.2 Å². The topological polar surface area (TPSA) is 35.5 Å². The summed E-state index contributed by atoms with van der Waals surface area (Å²) in [7, 11) is 0. The standard InChI is InChI=1S/C16H21F3N2O/c17-16(18,19)13-3-2-12(14(22)10-13)11-21-9-1-4-15(21)5-7-20-8-6-15/h2-3,10,20,22H,1,4-9,11H2. The molecule has 22 heavy (non-hydrogen) atoms. The van der Waals surface area contributed by atoms with Gasteiger partial charge in [-0.1, -0.05) is 6.07 Å². The lowest BCUT2D eigenvalue weighted by Gasteiger charge is -2.42. The lowest BCUT2D eigenvalue weighted by atomic mass is 9.85. The van der Waals surface area contributed by atoms with Crippen LogP contribution in [0.5, 0.6) is 5.75 Å². The summed E-state index contributed by atoms with van der Waals surface area (Å²) in [4.78, 5) is 2.34. The molecule has 2 aliphatic heterocycles. The number of halogens is 3. The Morgan fingerprint density at radius 2 is 1.91 bits per heavy atom. The minimum Gasteiger partial charge on any atom is -0.508 e. The molecular formula is C16H21F3N2O. The van der Waals surface area contributed by atoms with E-state index in [-0.39, 0.29) is 11.3 Å². The Bertz CT molecular complexity index is 539. The zero-order valence-corrected chi connectivity index (χ0v) is 12.4. The van der Waals surface area contributed by atoms with Crippen molar-refractivity contribution in [3.63, 3.8) is 0 Å². The van der Waals surface area contributed by atoms with Gasteiger partial charge in [0.25, 0.3) is 0 Å². The van der Waals surface area contributed by atoms with Crippen LogP contribution in [0.25, 0.3) is 0 Å². The molecule has 2 fully saturated rings. The van der Waals surface area contributed by atoms with E-state index in [0.717, 1.165) is 57.5 Å². The first-order chi connectivity index (χ1) is 10.4. The van der Waals surface area contributed by atoms with Gasteiger partial charge < -0.3 is 10.4 Å². The van der Waals surface area contributed by atoms with Crippen molar-refractivity contribution >= 4 is 0 Å². The van der Waals surface area contributed by atoms with E-state index in [2.05, 4.69) is 10.2 Å². The lowest BCUT2D eigenvalue weighted by molar-refractivity contribution is -0.137. The molecule has 2 saturated heterocycles. The number of alkyl halides is 3. The van der Waals surface area contributed by atoms with Crippen molar-refractivity contribution in [3.8, 4) is 5.75 Å². The van der Waals surface area contributed by atoms with Gasteiger partial charge in [-0.2, -0.15) is 13.2 Å². The number of aromatic hydroxyl groups is 1. The summed E-state index contributed by atoms with van der Waals surface area (Å²) in [5.74, 6) is -0.259. The molecule has 0 bridgehead atoms. The number of hydrogen-bond donors (Lipinski definition) is 2. The van der Waals surface area contributed by atoms with E-state index in [1.165, 1.54) is 6.07 Å². The maximum absolute atomic E-state index is 12.7. The van der Waals surface area contributed by atoms with Crippen LogP contribution >= 0.6 is 0 Å². The van der Waals surface area contributed by atoms with Gasteiger partial charge >= 0.3 is 6.18 Å². The van der Waals surface area contributed by atoms with Gasteiger partial charge in [0.1, 0.15) is 5.75 Å². The predicted molar refractivity (Wildman–Crippen MR) is 77.6 cm³/mol. The molecule has 1 aromatic carbocycles. The lowest BCUT2D eigenvalue weighted by Crippen LogP contribution is -2.50. The monoisotopic (exact) mass is 314 g/mol. The minimum atomic E-state index is -4.42. The van der Waals surface area contributed by atoms with Crippen molar-refractivity contribution in [3.05, 3.63) is 29.3 Å². The molecule has 3 nitrogen and oxygen atoms in total. The van der Waals surface area contributed by atoms with Gasteiger partial charge in [-0.3, -0.25) is 4.90 Å². The summed E-state index contributed by atoms with van der Waals surface area (Å²) in [5.41, 5.74) is -0.0695. The number of piperidine rings is 1. The average Bonchev–Trinajstić information content (AvgIpc) is 2.83. The summed E-state index contributed by atoms with van der Waals surface area (Å²) >= 11 is 0. The SMILES string of the molecule is Oc1cc(C(F)(F)F)ccc1CN1CCCC12CCNCC2. The van der Waals surface area contributed by atoms with E-state index >= 15 is 0 Å². The van der Waals surface area contributed by atoms with Crippen molar-refractivity contribution in [1.82, 2.24) is 10.2 Å². The molecule has 1 aromatic rings.